The van der Waals surface area contributed by atoms with Crippen LogP contribution in [-0.2, 0) is 33.2 Å². The van der Waals surface area contributed by atoms with Crippen LogP contribution in [0, 0.1) is 0 Å². The number of aliphatic hydroxyl groups excluding tert-OH is 6. The molecule has 1 amide bonds. The van der Waals surface area contributed by atoms with Crippen molar-refractivity contribution >= 4 is 5.91 Å². The van der Waals surface area contributed by atoms with Crippen molar-refractivity contribution in [2.75, 3.05) is 39.3 Å². The molecule has 3 aliphatic heterocycles. The molecule has 3 saturated heterocycles. The summed E-state index contributed by atoms with van der Waals surface area (Å²) in [5.74, 6) is -0.449. The van der Waals surface area contributed by atoms with Crippen LogP contribution in [0.1, 0.15) is 6.42 Å². The summed E-state index contributed by atoms with van der Waals surface area (Å²) in [4.78, 5) is 12.4. The second kappa shape index (κ2) is 17.9. The zero-order valence-electron chi connectivity index (χ0n) is 27.0. The van der Waals surface area contributed by atoms with E-state index < -0.39 is 129 Å². The fourth-order valence-corrected chi connectivity index (χ4v) is 6.48. The third kappa shape index (κ3) is 9.01. The Morgan fingerprint density at radius 3 is 1.86 bits per heavy atom. The van der Waals surface area contributed by atoms with E-state index in [1.165, 1.54) is 0 Å². The van der Waals surface area contributed by atoms with Crippen molar-refractivity contribution in [2.24, 2.45) is 40.1 Å². The Morgan fingerprint density at radius 2 is 1.24 bits per heavy atom. The Kier molecular flexibility index (Phi) is 14.8. The van der Waals surface area contributed by atoms with Gasteiger partial charge in [-0.15, -0.1) is 0 Å². The number of aliphatic hydroxyl groups is 6. The van der Waals surface area contributed by atoms with Gasteiger partial charge < -0.3 is 110 Å². The van der Waals surface area contributed by atoms with Gasteiger partial charge in [-0.1, -0.05) is 0 Å². The maximum Gasteiger partial charge on any atom is 0.234 e. The van der Waals surface area contributed by atoms with Gasteiger partial charge in [0.05, 0.1) is 49.6 Å². The van der Waals surface area contributed by atoms with Crippen LogP contribution in [0.5, 0.6) is 0 Å². The summed E-state index contributed by atoms with van der Waals surface area (Å²) >= 11 is 0. The first-order valence-corrected chi connectivity index (χ1v) is 16.3. The summed E-state index contributed by atoms with van der Waals surface area (Å²) in [6.45, 7) is -0.325. The van der Waals surface area contributed by atoms with Crippen LogP contribution < -0.4 is 50.8 Å². The highest BCUT2D eigenvalue weighted by molar-refractivity contribution is 5.78. The summed E-state index contributed by atoms with van der Waals surface area (Å²) in [7, 11) is 0. The number of carbonyl (C=O) groups is 1. The molecule has 0 aromatic heterocycles. The summed E-state index contributed by atoms with van der Waals surface area (Å²) in [5.41, 5.74) is 41.9. The molecule has 9 unspecified atom stereocenters. The van der Waals surface area contributed by atoms with Gasteiger partial charge in [-0.2, -0.15) is 0 Å². The van der Waals surface area contributed by atoms with Gasteiger partial charge in [-0.25, -0.2) is 0 Å². The third-order valence-electron chi connectivity index (χ3n) is 9.34. The molecule has 3 heterocycles. The van der Waals surface area contributed by atoms with E-state index in [0.29, 0.717) is 13.1 Å². The number of nitrogens with one attached hydrogen (secondary N) is 2. The number of nitrogens with two attached hydrogens (primary N) is 7. The molecule has 22 nitrogen and oxygen atoms in total. The molecule has 1 saturated carbocycles. The van der Waals surface area contributed by atoms with Crippen LogP contribution in [0.15, 0.2) is 0 Å². The van der Waals surface area contributed by atoms with Gasteiger partial charge in [0.1, 0.15) is 48.8 Å². The van der Waals surface area contributed by atoms with E-state index in [0.717, 1.165) is 0 Å². The highest BCUT2D eigenvalue weighted by Gasteiger charge is 2.54. The second-order valence-corrected chi connectivity index (χ2v) is 12.8. The molecule has 4 rings (SSSR count). The van der Waals surface area contributed by atoms with Crippen molar-refractivity contribution in [1.29, 1.82) is 0 Å². The Bertz CT molecular complexity index is 1040. The predicted octanol–water partition coefficient (Wildman–Crippen LogP) is -10.2. The topological polar surface area (TPSA) is 400 Å². The molecule has 4 fully saturated rings. The smallest absolute Gasteiger partial charge is 0.234 e. The van der Waals surface area contributed by atoms with Gasteiger partial charge in [0.25, 0.3) is 0 Å². The molecule has 0 radical (unpaired) electrons. The molecular formula is C27H55N9O13. The molecule has 0 spiro atoms. The van der Waals surface area contributed by atoms with Crippen LogP contribution in [0.3, 0.4) is 0 Å². The van der Waals surface area contributed by atoms with Crippen LogP contribution in [-0.4, -0.2) is 192 Å². The van der Waals surface area contributed by atoms with Crippen molar-refractivity contribution in [2.45, 2.75) is 123 Å². The molecule has 22 N–H and O–H groups in total. The molecule has 1 aliphatic carbocycles. The molecule has 4 aliphatic rings. The quantitative estimate of drug-likeness (QED) is 0.0743. The highest BCUT2D eigenvalue weighted by Crippen LogP contribution is 2.34. The summed E-state index contributed by atoms with van der Waals surface area (Å²) in [5, 5.41) is 69.5. The van der Waals surface area contributed by atoms with E-state index >= 15 is 0 Å². The molecule has 0 bridgehead atoms. The predicted molar refractivity (Wildman–Crippen MR) is 166 cm³/mol. The molecule has 22 heteroatoms. The van der Waals surface area contributed by atoms with Crippen LogP contribution in [0.2, 0.25) is 0 Å². The largest absolute Gasteiger partial charge is 0.394 e. The van der Waals surface area contributed by atoms with Gasteiger partial charge in [0, 0.05) is 38.3 Å². The van der Waals surface area contributed by atoms with Crippen LogP contribution in [0.25, 0.3) is 0 Å². The lowest BCUT2D eigenvalue weighted by molar-refractivity contribution is -0.297. The molecule has 0 aromatic carbocycles. The minimum absolute atomic E-state index is 0.0669. The van der Waals surface area contributed by atoms with E-state index in [9.17, 15) is 35.4 Å². The van der Waals surface area contributed by atoms with Gasteiger partial charge in [-0.3, -0.25) is 4.79 Å². The van der Waals surface area contributed by atoms with Gasteiger partial charge >= 0.3 is 0 Å². The minimum atomic E-state index is -1.63. The Labute approximate surface area is 282 Å². The normalized spacial score (nSPS) is 47.7. The zero-order chi connectivity index (χ0) is 36.2. The highest BCUT2D eigenvalue weighted by atomic mass is 16.8. The first-order valence-electron chi connectivity index (χ1n) is 16.3. The van der Waals surface area contributed by atoms with E-state index in [1.807, 2.05) is 0 Å². The second-order valence-electron chi connectivity index (χ2n) is 12.8. The van der Waals surface area contributed by atoms with Gasteiger partial charge in [0.2, 0.25) is 5.91 Å². The number of rotatable bonds is 14. The molecular weight excluding hydrogens is 658 g/mol. The first kappa shape index (κ1) is 40.4. The first-order chi connectivity index (χ1) is 23.3. The van der Waals surface area contributed by atoms with Crippen molar-refractivity contribution in [1.82, 2.24) is 10.6 Å². The van der Waals surface area contributed by atoms with E-state index in [-0.39, 0.29) is 26.1 Å². The maximum atomic E-state index is 12.4. The maximum absolute atomic E-state index is 12.4. The number of amides is 1. The molecule has 19 atom stereocenters. The third-order valence-corrected chi connectivity index (χ3v) is 9.34. The fourth-order valence-electron chi connectivity index (χ4n) is 6.48. The summed E-state index contributed by atoms with van der Waals surface area (Å²) in [6.07, 6.45) is -18.6. The van der Waals surface area contributed by atoms with E-state index in [4.69, 9.17) is 68.6 Å². The number of hydrogen-bond acceptors (Lipinski definition) is 21. The lowest BCUT2D eigenvalue weighted by Gasteiger charge is -2.48. The lowest BCUT2D eigenvalue weighted by Crippen LogP contribution is -2.70. The summed E-state index contributed by atoms with van der Waals surface area (Å²) < 4.78 is 35.3. The van der Waals surface area contributed by atoms with E-state index in [1.54, 1.807) is 0 Å². The van der Waals surface area contributed by atoms with Crippen LogP contribution >= 0.6 is 0 Å². The summed E-state index contributed by atoms with van der Waals surface area (Å²) in [6, 6.07) is -5.26. The Balaban J connectivity index is 1.47. The fraction of sp³-hybridized carbons (Fsp3) is 0.963. The molecule has 0 aromatic rings. The zero-order valence-corrected chi connectivity index (χ0v) is 27.0. The SMILES string of the molecule is NCCNCC(=O)N[C@@H]1C(CN)O[C@H](O[C@@H]2C(N)C[C@@H](N)C(O)[C@H]2OC2O[C@H](CO)[C@H](OC3O[C@@H](CN)C(O)C(O)[C@H]3N)C2O)C(N)[C@H]1O. The average Bonchev–Trinajstić information content (AvgIpc) is 3.37. The van der Waals surface area contributed by atoms with E-state index in [2.05, 4.69) is 10.6 Å². The van der Waals surface area contributed by atoms with Crippen molar-refractivity contribution in [3.8, 4) is 0 Å². The van der Waals surface area contributed by atoms with Crippen LogP contribution in [0.4, 0.5) is 0 Å². The number of carbonyl (C=O) groups excluding carboxylic acids is 1. The Hall–Kier alpha value is -1.33. The number of hydrogen-bond donors (Lipinski definition) is 15. The van der Waals surface area contributed by atoms with Crippen molar-refractivity contribution in [3.05, 3.63) is 0 Å². The van der Waals surface area contributed by atoms with Gasteiger partial charge in [-0.05, 0) is 6.42 Å². The minimum Gasteiger partial charge on any atom is -0.394 e. The number of ether oxygens (including phenoxy) is 6. The average molecular weight is 714 g/mol. The van der Waals surface area contributed by atoms with Gasteiger partial charge in [0.15, 0.2) is 18.9 Å². The molecule has 286 valence electrons. The van der Waals surface area contributed by atoms with Crippen molar-refractivity contribution in [3.63, 3.8) is 0 Å². The molecule has 49 heavy (non-hydrogen) atoms. The lowest BCUT2D eigenvalue weighted by atomic mass is 9.84. The standard InChI is InChI=1S/C27H55N9O13/c28-1-2-35-6-13(38)36-16-10(4-29)44-25(14(33)19(16)41)47-22-9(32)3-8(31)17(39)24(22)49-27-21(43)23(12(7-37)46-27)48-26-15(34)20(42)18(40)11(5-30)45-26/h8-12,14-27,35,37,39-43H,1-7,28-34H2,(H,36,38)/t8-,9?,10?,11+,12-,14?,15-,16-,17?,18?,19-,20?,21?,22-,23+,24-,25-,26?,27?/m1/s1. The van der Waals surface area contributed by atoms with Crippen molar-refractivity contribution < 1.29 is 63.9 Å². The monoisotopic (exact) mass is 713 g/mol. The Morgan fingerprint density at radius 1 is 0.673 bits per heavy atom.